The quantitative estimate of drug-likeness (QED) is 0.152. The summed E-state index contributed by atoms with van der Waals surface area (Å²) in [4.78, 5) is 38.8. The number of carboxylic acid groups (broad SMARTS) is 1. The number of hydrogen-bond acceptors (Lipinski definition) is 5. The van der Waals surface area contributed by atoms with Crippen molar-refractivity contribution in [3.63, 3.8) is 0 Å². The molecule has 0 bridgehead atoms. The van der Waals surface area contributed by atoms with Gasteiger partial charge in [-0.2, -0.15) is 0 Å². The summed E-state index contributed by atoms with van der Waals surface area (Å²) in [6.45, 7) is 5.16. The van der Waals surface area contributed by atoms with Gasteiger partial charge in [-0.25, -0.2) is 4.79 Å². The Labute approximate surface area is 141 Å². The van der Waals surface area contributed by atoms with Crippen LogP contribution >= 0.6 is 0 Å². The number of nitrogens with two attached hydrogens (primary N) is 3. The fourth-order valence-electron chi connectivity index (χ4n) is 1.83. The molecule has 10 nitrogen and oxygen atoms in total. The van der Waals surface area contributed by atoms with Gasteiger partial charge in [0.25, 0.3) is 0 Å². The lowest BCUT2D eigenvalue weighted by Crippen LogP contribution is -2.54. The first-order valence-corrected chi connectivity index (χ1v) is 7.70. The van der Waals surface area contributed by atoms with E-state index in [1.165, 1.54) is 6.92 Å². The average Bonchev–Trinajstić information content (AvgIpc) is 2.47. The van der Waals surface area contributed by atoms with Crippen LogP contribution < -0.4 is 27.8 Å². The van der Waals surface area contributed by atoms with Crippen LogP contribution in [-0.2, 0) is 14.4 Å². The van der Waals surface area contributed by atoms with E-state index in [4.69, 9.17) is 22.3 Å². The number of carbonyl (C=O) groups is 3. The van der Waals surface area contributed by atoms with Crippen molar-refractivity contribution in [2.45, 2.75) is 51.7 Å². The molecule has 138 valence electrons. The predicted molar refractivity (Wildman–Crippen MR) is 89.9 cm³/mol. The van der Waals surface area contributed by atoms with Gasteiger partial charge in [0.1, 0.15) is 12.1 Å². The average molecular weight is 344 g/mol. The number of amides is 2. The molecule has 24 heavy (non-hydrogen) atoms. The largest absolute Gasteiger partial charge is 0.480 e. The monoisotopic (exact) mass is 344 g/mol. The molecule has 0 fully saturated rings. The van der Waals surface area contributed by atoms with Crippen molar-refractivity contribution in [1.82, 2.24) is 10.6 Å². The highest BCUT2D eigenvalue weighted by Gasteiger charge is 2.27. The molecular weight excluding hydrogens is 316 g/mol. The molecule has 0 saturated heterocycles. The molecular formula is C14H28N6O4. The molecule has 3 atom stereocenters. The first-order valence-electron chi connectivity index (χ1n) is 7.70. The Bertz CT molecular complexity index is 476. The van der Waals surface area contributed by atoms with E-state index in [9.17, 15) is 14.4 Å². The first-order chi connectivity index (χ1) is 11.1. The molecule has 9 N–H and O–H groups in total. The van der Waals surface area contributed by atoms with Crippen molar-refractivity contribution in [2.24, 2.45) is 28.1 Å². The summed E-state index contributed by atoms with van der Waals surface area (Å²) in [6, 6.07) is -2.73. The van der Waals surface area contributed by atoms with Crippen LogP contribution in [0.2, 0.25) is 0 Å². The summed E-state index contributed by atoms with van der Waals surface area (Å²) in [5, 5.41) is 13.9. The summed E-state index contributed by atoms with van der Waals surface area (Å²) in [7, 11) is 0. The van der Waals surface area contributed by atoms with Gasteiger partial charge in [-0.3, -0.25) is 14.6 Å². The summed E-state index contributed by atoms with van der Waals surface area (Å²) in [5.74, 6) is -2.53. The number of hydrogen-bond donors (Lipinski definition) is 6. The fraction of sp³-hybridized carbons (Fsp3) is 0.714. The number of carboxylic acids is 1. The molecule has 0 aromatic rings. The van der Waals surface area contributed by atoms with E-state index < -0.39 is 35.9 Å². The zero-order valence-corrected chi connectivity index (χ0v) is 14.3. The minimum absolute atomic E-state index is 0.0311. The number of carbonyl (C=O) groups excluding carboxylic acids is 2. The zero-order chi connectivity index (χ0) is 18.9. The minimum atomic E-state index is -1.13. The van der Waals surface area contributed by atoms with Gasteiger partial charge in [0.15, 0.2) is 5.96 Å². The SMILES string of the molecule is CC(C)[C@H](NC(=O)[C@H](C)NC(=O)[C@@H](N)CCCN=C(N)N)C(=O)O. The molecule has 2 amide bonds. The second kappa shape index (κ2) is 10.4. The van der Waals surface area contributed by atoms with Crippen molar-refractivity contribution in [1.29, 1.82) is 0 Å². The summed E-state index contributed by atoms with van der Waals surface area (Å²) in [5.41, 5.74) is 16.1. The molecule has 0 aliphatic heterocycles. The lowest BCUT2D eigenvalue weighted by atomic mass is 10.0. The van der Waals surface area contributed by atoms with E-state index in [1.807, 2.05) is 0 Å². The molecule has 0 aromatic carbocycles. The van der Waals surface area contributed by atoms with Crippen LogP contribution in [0, 0.1) is 5.92 Å². The first kappa shape index (κ1) is 21.6. The van der Waals surface area contributed by atoms with Crippen LogP contribution in [0.1, 0.15) is 33.6 Å². The van der Waals surface area contributed by atoms with Crippen molar-refractivity contribution in [2.75, 3.05) is 6.54 Å². The van der Waals surface area contributed by atoms with Crippen LogP contribution in [0.3, 0.4) is 0 Å². The summed E-state index contributed by atoms with van der Waals surface area (Å²) < 4.78 is 0. The van der Waals surface area contributed by atoms with Crippen LogP contribution in [-0.4, -0.2) is 53.5 Å². The summed E-state index contributed by atoms with van der Waals surface area (Å²) >= 11 is 0. The van der Waals surface area contributed by atoms with Gasteiger partial charge in [0.05, 0.1) is 6.04 Å². The number of aliphatic imine (C=N–C) groups is 1. The number of guanidine groups is 1. The van der Waals surface area contributed by atoms with E-state index in [0.29, 0.717) is 19.4 Å². The Balaban J connectivity index is 4.39. The van der Waals surface area contributed by atoms with Crippen LogP contribution in [0.4, 0.5) is 0 Å². The van der Waals surface area contributed by atoms with Gasteiger partial charge >= 0.3 is 5.97 Å². The van der Waals surface area contributed by atoms with Gasteiger partial charge in [-0.15, -0.1) is 0 Å². The number of aliphatic carboxylic acids is 1. The maximum Gasteiger partial charge on any atom is 0.326 e. The molecule has 0 spiro atoms. The Hall–Kier alpha value is -2.36. The lowest BCUT2D eigenvalue weighted by Gasteiger charge is -2.22. The highest BCUT2D eigenvalue weighted by molar-refractivity contribution is 5.91. The van der Waals surface area contributed by atoms with E-state index in [1.54, 1.807) is 13.8 Å². The Morgan fingerprint density at radius 2 is 1.67 bits per heavy atom. The maximum atomic E-state index is 12.0. The lowest BCUT2D eigenvalue weighted by molar-refractivity contribution is -0.143. The third-order valence-electron chi connectivity index (χ3n) is 3.29. The van der Waals surface area contributed by atoms with E-state index in [-0.39, 0.29) is 11.9 Å². The Morgan fingerprint density at radius 1 is 1.08 bits per heavy atom. The molecule has 0 rings (SSSR count). The smallest absolute Gasteiger partial charge is 0.326 e. The Morgan fingerprint density at radius 3 is 2.12 bits per heavy atom. The minimum Gasteiger partial charge on any atom is -0.480 e. The third-order valence-corrected chi connectivity index (χ3v) is 3.29. The predicted octanol–water partition coefficient (Wildman–Crippen LogP) is -1.90. The highest BCUT2D eigenvalue weighted by Crippen LogP contribution is 2.02. The van der Waals surface area contributed by atoms with E-state index >= 15 is 0 Å². The molecule has 0 heterocycles. The van der Waals surface area contributed by atoms with Crippen molar-refractivity contribution < 1.29 is 19.5 Å². The van der Waals surface area contributed by atoms with Crippen LogP contribution in [0.5, 0.6) is 0 Å². The van der Waals surface area contributed by atoms with E-state index in [0.717, 1.165) is 0 Å². The van der Waals surface area contributed by atoms with Crippen molar-refractivity contribution >= 4 is 23.7 Å². The Kier molecular flexibility index (Phi) is 9.40. The second-order valence-electron chi connectivity index (χ2n) is 5.85. The molecule has 0 aliphatic carbocycles. The number of nitrogens with one attached hydrogen (secondary N) is 2. The molecule has 0 saturated carbocycles. The molecule has 0 aliphatic rings. The molecule has 0 unspecified atom stereocenters. The molecule has 10 heteroatoms. The molecule has 0 aromatic heterocycles. The molecule has 0 radical (unpaired) electrons. The highest BCUT2D eigenvalue weighted by atomic mass is 16.4. The fourth-order valence-corrected chi connectivity index (χ4v) is 1.83. The van der Waals surface area contributed by atoms with Crippen LogP contribution in [0.25, 0.3) is 0 Å². The second-order valence-corrected chi connectivity index (χ2v) is 5.85. The number of rotatable bonds is 10. The standard InChI is InChI=1S/C14H28N6O4/c1-7(2)10(13(23)24)20-11(21)8(3)19-12(22)9(15)5-4-6-18-14(16)17/h7-10H,4-6,15H2,1-3H3,(H,19,22)(H,20,21)(H,23,24)(H4,16,17,18)/t8-,9-,10-/m0/s1. The van der Waals surface area contributed by atoms with Gasteiger partial charge < -0.3 is 32.9 Å². The van der Waals surface area contributed by atoms with Gasteiger partial charge in [0, 0.05) is 6.54 Å². The maximum absolute atomic E-state index is 12.0. The normalized spacial score (nSPS) is 14.4. The third kappa shape index (κ3) is 8.32. The van der Waals surface area contributed by atoms with Gasteiger partial charge in [0.2, 0.25) is 11.8 Å². The van der Waals surface area contributed by atoms with Gasteiger partial charge in [-0.05, 0) is 25.7 Å². The van der Waals surface area contributed by atoms with Gasteiger partial charge in [-0.1, -0.05) is 13.8 Å². The summed E-state index contributed by atoms with van der Waals surface area (Å²) in [6.07, 6.45) is 0.863. The zero-order valence-electron chi connectivity index (χ0n) is 14.3. The van der Waals surface area contributed by atoms with Crippen molar-refractivity contribution in [3.05, 3.63) is 0 Å². The van der Waals surface area contributed by atoms with E-state index in [2.05, 4.69) is 15.6 Å². The topological polar surface area (TPSA) is 186 Å². The van der Waals surface area contributed by atoms with Crippen molar-refractivity contribution in [3.8, 4) is 0 Å². The number of nitrogens with zero attached hydrogens (tertiary/aromatic N) is 1. The van der Waals surface area contributed by atoms with Crippen LogP contribution in [0.15, 0.2) is 4.99 Å².